The van der Waals surface area contributed by atoms with Gasteiger partial charge in [0.1, 0.15) is 17.6 Å². The van der Waals surface area contributed by atoms with Gasteiger partial charge in [-0.25, -0.2) is 0 Å². The lowest BCUT2D eigenvalue weighted by molar-refractivity contribution is -0.132. The monoisotopic (exact) mass is 414 g/mol. The van der Waals surface area contributed by atoms with E-state index in [4.69, 9.17) is 4.74 Å². The summed E-state index contributed by atoms with van der Waals surface area (Å²) >= 11 is 0. The lowest BCUT2D eigenvalue weighted by Gasteiger charge is -2.25. The van der Waals surface area contributed by atoms with Gasteiger partial charge in [-0.3, -0.25) is 19.5 Å². The number of carbonyl (C=O) groups excluding carboxylic acids is 2. The first-order chi connectivity index (χ1) is 14.9. The molecule has 1 amide bonds. The zero-order valence-electron chi connectivity index (χ0n) is 17.5. The zero-order valence-corrected chi connectivity index (χ0v) is 17.5. The zero-order chi connectivity index (χ0) is 22.1. The molecule has 1 fully saturated rings. The number of Topliss-reactive ketones (excluding diaryl/α,β-unsaturated/α-hetero) is 1. The minimum Gasteiger partial charge on any atom is -0.507 e. The van der Waals surface area contributed by atoms with Crippen LogP contribution in [0, 0.1) is 13.8 Å². The summed E-state index contributed by atoms with van der Waals surface area (Å²) in [5.74, 6) is -1.19. The summed E-state index contributed by atoms with van der Waals surface area (Å²) < 4.78 is 5.24. The van der Waals surface area contributed by atoms with Gasteiger partial charge in [0.2, 0.25) is 0 Å². The van der Waals surface area contributed by atoms with Crippen LogP contribution < -0.4 is 9.64 Å². The Kier molecular flexibility index (Phi) is 5.29. The van der Waals surface area contributed by atoms with E-state index >= 15 is 0 Å². The van der Waals surface area contributed by atoms with Crippen molar-refractivity contribution in [3.63, 3.8) is 0 Å². The smallest absolute Gasteiger partial charge is 0.300 e. The van der Waals surface area contributed by atoms with Crippen LogP contribution in [-0.4, -0.2) is 28.9 Å². The largest absolute Gasteiger partial charge is 0.507 e. The third-order valence-corrected chi connectivity index (χ3v) is 5.24. The third kappa shape index (κ3) is 3.68. The van der Waals surface area contributed by atoms with E-state index in [1.807, 2.05) is 32.0 Å². The van der Waals surface area contributed by atoms with E-state index in [0.717, 1.165) is 11.1 Å². The molecule has 0 bridgehead atoms. The summed E-state index contributed by atoms with van der Waals surface area (Å²) in [4.78, 5) is 32.1. The summed E-state index contributed by atoms with van der Waals surface area (Å²) in [5, 5.41) is 11.1. The molecule has 0 saturated carbocycles. The summed E-state index contributed by atoms with van der Waals surface area (Å²) in [5.41, 5.74) is 3.38. The second-order valence-electron chi connectivity index (χ2n) is 7.50. The molecule has 0 radical (unpaired) electrons. The highest BCUT2D eigenvalue weighted by Crippen LogP contribution is 2.42. The van der Waals surface area contributed by atoms with Crippen LogP contribution in [0.3, 0.4) is 0 Å². The topological polar surface area (TPSA) is 79.7 Å². The molecule has 2 heterocycles. The van der Waals surface area contributed by atoms with Crippen molar-refractivity contribution in [2.75, 3.05) is 12.0 Å². The fourth-order valence-electron chi connectivity index (χ4n) is 3.93. The van der Waals surface area contributed by atoms with Crippen molar-refractivity contribution in [1.29, 1.82) is 0 Å². The molecule has 6 heteroatoms. The highest BCUT2D eigenvalue weighted by Gasteiger charge is 2.47. The molecule has 1 unspecified atom stereocenters. The molecule has 1 N–H and O–H groups in total. The Morgan fingerprint density at radius 2 is 1.74 bits per heavy atom. The van der Waals surface area contributed by atoms with E-state index in [9.17, 15) is 14.7 Å². The molecule has 0 aliphatic carbocycles. The Morgan fingerprint density at radius 3 is 2.39 bits per heavy atom. The van der Waals surface area contributed by atoms with Gasteiger partial charge in [0.15, 0.2) is 0 Å². The SMILES string of the molecule is COc1cccc(/C(O)=C2\C(=O)C(=O)N(c3cc(C)cc(C)c3)C2c2ccccn2)c1. The lowest BCUT2D eigenvalue weighted by atomic mass is 9.98. The van der Waals surface area contributed by atoms with E-state index in [1.54, 1.807) is 48.7 Å². The maximum atomic E-state index is 13.2. The van der Waals surface area contributed by atoms with E-state index in [-0.39, 0.29) is 11.3 Å². The number of ketones is 1. The molecule has 1 aliphatic heterocycles. The predicted octanol–water partition coefficient (Wildman–Crippen LogP) is 4.33. The van der Waals surface area contributed by atoms with Crippen molar-refractivity contribution in [3.8, 4) is 5.75 Å². The Morgan fingerprint density at radius 1 is 1.00 bits per heavy atom. The van der Waals surface area contributed by atoms with Crippen molar-refractivity contribution in [2.45, 2.75) is 19.9 Å². The van der Waals surface area contributed by atoms with Gasteiger partial charge in [-0.05, 0) is 61.4 Å². The Balaban J connectivity index is 1.96. The molecule has 1 aliphatic rings. The van der Waals surface area contributed by atoms with Crippen molar-refractivity contribution in [2.24, 2.45) is 0 Å². The molecule has 1 saturated heterocycles. The van der Waals surface area contributed by atoms with Crippen LogP contribution >= 0.6 is 0 Å². The van der Waals surface area contributed by atoms with E-state index < -0.39 is 17.7 Å². The van der Waals surface area contributed by atoms with Gasteiger partial charge in [0, 0.05) is 17.4 Å². The molecular formula is C25H22N2O4. The van der Waals surface area contributed by atoms with Crippen LogP contribution in [0.25, 0.3) is 5.76 Å². The van der Waals surface area contributed by atoms with Gasteiger partial charge in [-0.1, -0.05) is 24.3 Å². The average molecular weight is 414 g/mol. The number of carbonyl (C=O) groups is 2. The third-order valence-electron chi connectivity index (χ3n) is 5.24. The second kappa shape index (κ2) is 8.07. The maximum absolute atomic E-state index is 13.2. The number of hydrogen-bond donors (Lipinski definition) is 1. The number of pyridine rings is 1. The van der Waals surface area contributed by atoms with Gasteiger partial charge >= 0.3 is 0 Å². The molecule has 3 aromatic rings. The van der Waals surface area contributed by atoms with Gasteiger partial charge in [-0.15, -0.1) is 0 Å². The number of aliphatic hydroxyl groups excluding tert-OH is 1. The van der Waals surface area contributed by atoms with Crippen molar-refractivity contribution >= 4 is 23.1 Å². The molecule has 4 rings (SSSR count). The number of aliphatic hydroxyl groups is 1. The number of ether oxygens (including phenoxy) is 1. The second-order valence-corrected chi connectivity index (χ2v) is 7.50. The highest BCUT2D eigenvalue weighted by molar-refractivity contribution is 6.51. The van der Waals surface area contributed by atoms with Gasteiger partial charge in [0.25, 0.3) is 11.7 Å². The van der Waals surface area contributed by atoms with E-state index in [0.29, 0.717) is 22.7 Å². The van der Waals surface area contributed by atoms with Crippen LogP contribution in [0.4, 0.5) is 5.69 Å². The first-order valence-corrected chi connectivity index (χ1v) is 9.85. The number of anilines is 1. The lowest BCUT2D eigenvalue weighted by Crippen LogP contribution is -2.30. The summed E-state index contributed by atoms with van der Waals surface area (Å²) in [6.45, 7) is 3.86. The first kappa shape index (κ1) is 20.3. The number of nitrogens with zero attached hydrogens (tertiary/aromatic N) is 2. The molecule has 31 heavy (non-hydrogen) atoms. The van der Waals surface area contributed by atoms with Crippen LogP contribution in [0.1, 0.15) is 28.4 Å². The Labute approximate surface area is 180 Å². The fraction of sp³-hybridized carbons (Fsp3) is 0.160. The number of aromatic nitrogens is 1. The molecular weight excluding hydrogens is 392 g/mol. The number of methoxy groups -OCH3 is 1. The molecule has 1 aromatic heterocycles. The van der Waals surface area contributed by atoms with Crippen molar-refractivity contribution in [3.05, 3.63) is 94.8 Å². The Hall–Kier alpha value is -3.93. The molecule has 0 spiro atoms. The number of aryl methyl sites for hydroxylation is 2. The van der Waals surface area contributed by atoms with Crippen LogP contribution in [0.15, 0.2) is 72.4 Å². The fourth-order valence-corrected chi connectivity index (χ4v) is 3.93. The molecule has 6 nitrogen and oxygen atoms in total. The van der Waals surface area contributed by atoms with Crippen molar-refractivity contribution in [1.82, 2.24) is 4.98 Å². The van der Waals surface area contributed by atoms with Crippen LogP contribution in [0.2, 0.25) is 0 Å². The summed E-state index contributed by atoms with van der Waals surface area (Å²) in [6.07, 6.45) is 1.60. The maximum Gasteiger partial charge on any atom is 0.300 e. The minimum absolute atomic E-state index is 0.00360. The van der Waals surface area contributed by atoms with Gasteiger partial charge in [-0.2, -0.15) is 0 Å². The first-order valence-electron chi connectivity index (χ1n) is 9.85. The molecule has 2 aromatic carbocycles. The number of benzene rings is 2. The normalized spacial score (nSPS) is 17.8. The van der Waals surface area contributed by atoms with E-state index in [1.165, 1.54) is 12.0 Å². The van der Waals surface area contributed by atoms with Gasteiger partial charge in [0.05, 0.1) is 18.4 Å². The average Bonchev–Trinajstić information content (AvgIpc) is 3.04. The highest BCUT2D eigenvalue weighted by atomic mass is 16.5. The van der Waals surface area contributed by atoms with Crippen molar-refractivity contribution < 1.29 is 19.4 Å². The summed E-state index contributed by atoms with van der Waals surface area (Å²) in [7, 11) is 1.52. The number of hydrogen-bond acceptors (Lipinski definition) is 5. The standard InChI is InChI=1S/C25H22N2O4/c1-15-11-16(2)13-18(12-15)27-22(20-9-4-5-10-26-20)21(24(29)25(27)30)23(28)17-7-6-8-19(14-17)31-3/h4-14,22,28H,1-3H3/b23-21+. The number of rotatable bonds is 4. The molecule has 1 atom stereocenters. The van der Waals surface area contributed by atoms with Crippen LogP contribution in [0.5, 0.6) is 5.75 Å². The predicted molar refractivity (Wildman–Crippen MR) is 118 cm³/mol. The minimum atomic E-state index is -0.853. The summed E-state index contributed by atoms with van der Waals surface area (Å²) in [6, 6.07) is 16.9. The quantitative estimate of drug-likeness (QED) is 0.390. The van der Waals surface area contributed by atoms with Gasteiger partial charge < -0.3 is 9.84 Å². The van der Waals surface area contributed by atoms with Crippen LogP contribution in [-0.2, 0) is 9.59 Å². The number of amides is 1. The Bertz CT molecular complexity index is 1180. The molecule has 156 valence electrons. The van der Waals surface area contributed by atoms with E-state index in [2.05, 4.69) is 4.98 Å².